The molecule has 0 amide bonds. The van der Waals surface area contributed by atoms with E-state index in [9.17, 15) is 0 Å². The highest BCUT2D eigenvalue weighted by atomic mass is 16.5. The Morgan fingerprint density at radius 2 is 0.818 bits per heavy atom. The third-order valence-electron chi connectivity index (χ3n) is 3.05. The van der Waals surface area contributed by atoms with Crippen LogP contribution in [-0.2, 0) is 14.2 Å². The summed E-state index contributed by atoms with van der Waals surface area (Å²) in [6.45, 7) is 5.82. The van der Waals surface area contributed by atoms with Gasteiger partial charge in [0.1, 0.15) is 20.2 Å². The van der Waals surface area contributed by atoms with Crippen molar-refractivity contribution in [3.05, 3.63) is 0 Å². The third-order valence-corrected chi connectivity index (χ3v) is 3.05. The molecule has 0 aliphatic heterocycles. The molecule has 0 heterocycles. The molecule has 134 valence electrons. The molecule has 0 aromatic carbocycles. The van der Waals surface area contributed by atoms with Crippen LogP contribution in [0.5, 0.6) is 0 Å². The van der Waals surface area contributed by atoms with Gasteiger partial charge in [0, 0.05) is 19.8 Å². The molecule has 0 aliphatic carbocycles. The Kier molecular flexibility index (Phi) is 18.5. The smallest absolute Gasteiger partial charge is 0.103 e. The summed E-state index contributed by atoms with van der Waals surface area (Å²) in [5.74, 6) is 0. The Balaban J connectivity index is 3.72. The molecule has 0 atom stereocenters. The zero-order valence-electron chi connectivity index (χ0n) is 14.0. The van der Waals surface area contributed by atoms with Gasteiger partial charge in [-0.1, -0.05) is 0 Å². The Morgan fingerprint density at radius 1 is 0.500 bits per heavy atom. The van der Waals surface area contributed by atoms with Gasteiger partial charge in [-0.25, -0.2) is 4.90 Å². The lowest BCUT2D eigenvalue weighted by Crippen LogP contribution is -2.32. The Hall–Kier alpha value is -0.280. The molecule has 6 N–H and O–H groups in total. The predicted molar refractivity (Wildman–Crippen MR) is 89.2 cm³/mol. The number of ether oxygens (including phenoxy) is 3. The lowest BCUT2D eigenvalue weighted by molar-refractivity contribution is -0.0988. The molecule has 0 bridgehead atoms. The molecule has 0 fully saturated rings. The maximum Gasteiger partial charge on any atom is 0.103 e. The molecule has 7 nitrogen and oxygen atoms in total. The fourth-order valence-corrected chi connectivity index (χ4v) is 1.74. The van der Waals surface area contributed by atoms with Crippen LogP contribution in [0.1, 0.15) is 38.5 Å². The summed E-state index contributed by atoms with van der Waals surface area (Å²) in [7, 11) is 0. The average molecular weight is 320 g/mol. The van der Waals surface area contributed by atoms with E-state index in [1.807, 2.05) is 4.90 Å². The Labute approximate surface area is 135 Å². The highest BCUT2D eigenvalue weighted by molar-refractivity contribution is 4.45. The first kappa shape index (κ1) is 21.7. The minimum atomic E-state index is 0.512. The first-order valence-electron chi connectivity index (χ1n) is 8.41. The second-order valence-corrected chi connectivity index (χ2v) is 5.27. The van der Waals surface area contributed by atoms with Gasteiger partial charge >= 0.3 is 0 Å². The molecule has 0 unspecified atom stereocenters. The van der Waals surface area contributed by atoms with Crippen LogP contribution in [0.15, 0.2) is 0 Å². The SMILES string of the molecule is NCCCCOCN(COCCCCN)COCCCCN. The molecule has 0 aliphatic rings. The maximum absolute atomic E-state index is 5.62. The zero-order chi connectivity index (χ0) is 16.3. The summed E-state index contributed by atoms with van der Waals surface area (Å²) in [4.78, 5) is 2.01. The number of rotatable bonds is 18. The molecular formula is C15H36N4O3. The Bertz CT molecular complexity index is 178. The standard InChI is InChI=1S/C15H36N4O3/c16-7-1-4-10-20-13-19(14-21-11-5-2-8-17)15-22-12-6-3-9-18/h1-18H2. The highest BCUT2D eigenvalue weighted by Gasteiger charge is 2.05. The van der Waals surface area contributed by atoms with E-state index in [2.05, 4.69) is 0 Å². The van der Waals surface area contributed by atoms with E-state index >= 15 is 0 Å². The average Bonchev–Trinajstić information content (AvgIpc) is 2.53. The lowest BCUT2D eigenvalue weighted by atomic mass is 10.3. The number of hydrogen-bond donors (Lipinski definition) is 3. The molecule has 0 radical (unpaired) electrons. The van der Waals surface area contributed by atoms with Gasteiger partial charge in [0.05, 0.1) is 0 Å². The third kappa shape index (κ3) is 16.1. The van der Waals surface area contributed by atoms with E-state index in [-0.39, 0.29) is 0 Å². The van der Waals surface area contributed by atoms with Crippen LogP contribution in [0.4, 0.5) is 0 Å². The molecule has 0 saturated heterocycles. The van der Waals surface area contributed by atoms with Crippen molar-refractivity contribution in [2.45, 2.75) is 38.5 Å². The van der Waals surface area contributed by atoms with Crippen LogP contribution >= 0.6 is 0 Å². The second-order valence-electron chi connectivity index (χ2n) is 5.27. The van der Waals surface area contributed by atoms with E-state index in [1.54, 1.807) is 0 Å². The van der Waals surface area contributed by atoms with E-state index in [4.69, 9.17) is 31.4 Å². The number of unbranched alkanes of at least 4 members (excludes halogenated alkanes) is 3. The van der Waals surface area contributed by atoms with E-state index in [1.165, 1.54) is 0 Å². The van der Waals surface area contributed by atoms with Crippen molar-refractivity contribution < 1.29 is 14.2 Å². The molecule has 0 spiro atoms. The van der Waals surface area contributed by atoms with E-state index in [0.717, 1.165) is 38.5 Å². The molecule has 0 saturated carbocycles. The van der Waals surface area contributed by atoms with Gasteiger partial charge in [0.2, 0.25) is 0 Å². The van der Waals surface area contributed by atoms with Crippen molar-refractivity contribution in [2.24, 2.45) is 17.2 Å². The van der Waals surface area contributed by atoms with Crippen LogP contribution in [0.3, 0.4) is 0 Å². The lowest BCUT2D eigenvalue weighted by Gasteiger charge is -2.22. The summed E-state index contributed by atoms with van der Waals surface area (Å²) >= 11 is 0. The molecule has 0 aromatic heterocycles. The van der Waals surface area contributed by atoms with Crippen LogP contribution in [0, 0.1) is 0 Å². The molecule has 0 rings (SSSR count). The van der Waals surface area contributed by atoms with E-state index in [0.29, 0.717) is 59.6 Å². The maximum atomic E-state index is 5.62. The van der Waals surface area contributed by atoms with Gasteiger partial charge in [0.25, 0.3) is 0 Å². The van der Waals surface area contributed by atoms with Gasteiger partial charge in [-0.2, -0.15) is 0 Å². The monoisotopic (exact) mass is 320 g/mol. The van der Waals surface area contributed by atoms with Crippen LogP contribution in [-0.4, -0.2) is 64.5 Å². The van der Waals surface area contributed by atoms with Crippen LogP contribution in [0.2, 0.25) is 0 Å². The van der Waals surface area contributed by atoms with Crippen molar-refractivity contribution in [3.8, 4) is 0 Å². The van der Waals surface area contributed by atoms with E-state index < -0.39 is 0 Å². The van der Waals surface area contributed by atoms with Crippen LogP contribution in [0.25, 0.3) is 0 Å². The zero-order valence-corrected chi connectivity index (χ0v) is 14.0. The summed E-state index contributed by atoms with van der Waals surface area (Å²) in [6, 6.07) is 0. The van der Waals surface area contributed by atoms with Crippen molar-refractivity contribution >= 4 is 0 Å². The highest BCUT2D eigenvalue weighted by Crippen LogP contribution is 1.97. The largest absolute Gasteiger partial charge is 0.366 e. The molecule has 0 aromatic rings. The van der Waals surface area contributed by atoms with Gasteiger partial charge < -0.3 is 31.4 Å². The van der Waals surface area contributed by atoms with Crippen molar-refractivity contribution in [1.29, 1.82) is 0 Å². The van der Waals surface area contributed by atoms with Crippen molar-refractivity contribution in [1.82, 2.24) is 4.90 Å². The van der Waals surface area contributed by atoms with Gasteiger partial charge in [0.15, 0.2) is 0 Å². The number of hydrogen-bond acceptors (Lipinski definition) is 7. The van der Waals surface area contributed by atoms with Gasteiger partial charge in [-0.15, -0.1) is 0 Å². The van der Waals surface area contributed by atoms with Gasteiger partial charge in [-0.3, -0.25) is 0 Å². The quantitative estimate of drug-likeness (QED) is 0.248. The molecule has 22 heavy (non-hydrogen) atoms. The topological polar surface area (TPSA) is 109 Å². The number of nitrogens with two attached hydrogens (primary N) is 3. The minimum Gasteiger partial charge on any atom is -0.366 e. The summed E-state index contributed by atoms with van der Waals surface area (Å²) in [5.41, 5.74) is 16.4. The Morgan fingerprint density at radius 3 is 1.09 bits per heavy atom. The molecular weight excluding hydrogens is 284 g/mol. The van der Waals surface area contributed by atoms with Crippen molar-refractivity contribution in [2.75, 3.05) is 59.6 Å². The minimum absolute atomic E-state index is 0.512. The molecule has 7 heteroatoms. The van der Waals surface area contributed by atoms with Crippen molar-refractivity contribution in [3.63, 3.8) is 0 Å². The predicted octanol–water partition coefficient (Wildman–Crippen LogP) is 0.427. The normalized spacial score (nSPS) is 11.5. The van der Waals surface area contributed by atoms with Gasteiger partial charge in [-0.05, 0) is 58.2 Å². The first-order valence-corrected chi connectivity index (χ1v) is 8.41. The second kappa shape index (κ2) is 18.8. The number of nitrogens with zero attached hydrogens (tertiary/aromatic N) is 1. The fraction of sp³-hybridized carbons (Fsp3) is 1.00. The summed E-state index contributed by atoms with van der Waals surface area (Å²) in [5, 5.41) is 0. The summed E-state index contributed by atoms with van der Waals surface area (Å²) < 4.78 is 16.9. The summed E-state index contributed by atoms with van der Waals surface area (Å²) in [6.07, 6.45) is 5.93. The first-order chi connectivity index (χ1) is 10.8. The fourth-order valence-electron chi connectivity index (χ4n) is 1.74. The van der Waals surface area contributed by atoms with Crippen LogP contribution < -0.4 is 17.2 Å².